The van der Waals surface area contributed by atoms with Gasteiger partial charge in [-0.15, -0.1) is 0 Å². The van der Waals surface area contributed by atoms with E-state index >= 15 is 0 Å². The van der Waals surface area contributed by atoms with E-state index in [1.54, 1.807) is 26.0 Å². The highest BCUT2D eigenvalue weighted by Gasteiger charge is 2.11. The molecule has 3 aromatic rings. The number of benzene rings is 3. The van der Waals surface area contributed by atoms with Gasteiger partial charge in [0.05, 0.1) is 26.4 Å². The lowest BCUT2D eigenvalue weighted by molar-refractivity contribution is -0.139. The highest BCUT2D eigenvalue weighted by Crippen LogP contribution is 2.33. The Morgan fingerprint density at radius 1 is 0.605 bits per heavy atom. The largest absolute Gasteiger partial charge is 0.493 e. The van der Waals surface area contributed by atoms with Crippen LogP contribution in [-0.4, -0.2) is 44.3 Å². The van der Waals surface area contributed by atoms with E-state index in [-0.39, 0.29) is 13.2 Å². The quantitative estimate of drug-likeness (QED) is 0.0777. The topological polar surface area (TPSA) is 97.4 Å². The van der Waals surface area contributed by atoms with Crippen molar-refractivity contribution in [1.82, 2.24) is 0 Å². The molecule has 224 valence electrons. The Labute approximate surface area is 252 Å². The zero-order valence-corrected chi connectivity index (χ0v) is 24.6. The molecule has 43 heavy (non-hydrogen) atoms. The lowest BCUT2D eigenvalue weighted by Crippen LogP contribution is -2.09. The van der Waals surface area contributed by atoms with E-state index in [0.29, 0.717) is 54.5 Å². The number of esters is 3. The van der Waals surface area contributed by atoms with E-state index < -0.39 is 17.9 Å². The van der Waals surface area contributed by atoms with Crippen LogP contribution in [0.2, 0.25) is 0 Å². The van der Waals surface area contributed by atoms with Crippen LogP contribution in [0.15, 0.2) is 104 Å². The lowest BCUT2D eigenvalue weighted by Gasteiger charge is -2.13. The molecule has 0 fully saturated rings. The molecule has 0 N–H and O–H groups in total. The number of carbonyl (C=O) groups is 3. The van der Waals surface area contributed by atoms with Crippen molar-refractivity contribution in [2.24, 2.45) is 0 Å². The molecule has 0 atom stereocenters. The Hall–Kier alpha value is -5.11. The Kier molecular flexibility index (Phi) is 12.3. The second-order valence-corrected chi connectivity index (χ2v) is 9.66. The average Bonchev–Trinajstić information content (AvgIpc) is 3.00. The van der Waals surface area contributed by atoms with E-state index in [4.69, 9.17) is 23.7 Å². The van der Waals surface area contributed by atoms with Gasteiger partial charge < -0.3 is 23.7 Å². The molecule has 0 amide bonds. The fraction of sp³-hybridized carbons (Fsp3) is 0.229. The molecule has 3 aromatic carbocycles. The molecule has 0 aliphatic carbocycles. The number of rotatable bonds is 16. The minimum atomic E-state index is -0.511. The molecule has 0 aliphatic heterocycles. The zero-order valence-electron chi connectivity index (χ0n) is 24.6. The fourth-order valence-electron chi connectivity index (χ4n) is 3.69. The van der Waals surface area contributed by atoms with Crippen molar-refractivity contribution in [3.05, 3.63) is 104 Å². The van der Waals surface area contributed by atoms with E-state index in [1.807, 2.05) is 54.6 Å². The van der Waals surface area contributed by atoms with Crippen LogP contribution < -0.4 is 14.2 Å². The van der Waals surface area contributed by atoms with E-state index in [9.17, 15) is 14.4 Å². The lowest BCUT2D eigenvalue weighted by atomic mass is 9.98. The van der Waals surface area contributed by atoms with Crippen molar-refractivity contribution >= 4 is 17.9 Å². The minimum Gasteiger partial charge on any atom is -0.493 e. The molecule has 0 aliphatic rings. The van der Waals surface area contributed by atoms with Gasteiger partial charge in [-0.25, -0.2) is 14.4 Å². The van der Waals surface area contributed by atoms with Gasteiger partial charge in [-0.05, 0) is 78.6 Å². The monoisotopic (exact) mass is 584 g/mol. The van der Waals surface area contributed by atoms with E-state index in [1.165, 1.54) is 0 Å². The highest BCUT2D eigenvalue weighted by atomic mass is 16.5. The second kappa shape index (κ2) is 16.4. The van der Waals surface area contributed by atoms with Crippen LogP contribution in [0, 0.1) is 0 Å². The molecule has 0 saturated heterocycles. The van der Waals surface area contributed by atoms with Gasteiger partial charge in [0.2, 0.25) is 0 Å². The van der Waals surface area contributed by atoms with Gasteiger partial charge in [-0.3, -0.25) is 0 Å². The van der Waals surface area contributed by atoms with Crippen LogP contribution >= 0.6 is 0 Å². The molecular formula is C35H36O8. The molecule has 0 aromatic heterocycles. The molecule has 0 spiro atoms. The summed E-state index contributed by atoms with van der Waals surface area (Å²) in [5.74, 6) is 0.357. The molecule has 0 radical (unpaired) electrons. The number of hydrogen-bond donors (Lipinski definition) is 0. The smallest absolute Gasteiger partial charge is 0.338 e. The van der Waals surface area contributed by atoms with Crippen LogP contribution in [0.1, 0.15) is 26.7 Å². The van der Waals surface area contributed by atoms with Crippen LogP contribution in [0.5, 0.6) is 17.2 Å². The summed E-state index contributed by atoms with van der Waals surface area (Å²) in [5.41, 5.74) is 4.14. The molecular weight excluding hydrogens is 548 g/mol. The summed E-state index contributed by atoms with van der Waals surface area (Å²) in [6, 6.07) is 20.7. The zero-order chi connectivity index (χ0) is 31.2. The second-order valence-electron chi connectivity index (χ2n) is 9.66. The first-order valence-electron chi connectivity index (χ1n) is 13.8. The summed E-state index contributed by atoms with van der Waals surface area (Å²) in [5, 5.41) is 0. The standard InChI is InChI=1S/C35H36O8/c1-6-33(36)41-19-7-17-39-30-13-9-26(10-14-30)28-21-29(23-32(22-28)43-35(38)25(4)5)27-11-15-31(16-12-27)40-18-8-20-42-34(37)24(2)3/h6,9-16,21-23H,1-2,4,7-8,17-20H2,3,5H3. The Balaban J connectivity index is 1.70. The van der Waals surface area contributed by atoms with Gasteiger partial charge >= 0.3 is 17.9 Å². The van der Waals surface area contributed by atoms with Crippen LogP contribution in [0.4, 0.5) is 0 Å². The predicted molar refractivity (Wildman–Crippen MR) is 165 cm³/mol. The summed E-state index contributed by atoms with van der Waals surface area (Å²) in [6.07, 6.45) is 2.23. The molecule has 0 bridgehead atoms. The van der Waals surface area contributed by atoms with Gasteiger partial charge in [0.15, 0.2) is 0 Å². The SMILES string of the molecule is C=CC(=O)OCCCOc1ccc(-c2cc(OC(=O)C(=C)C)cc(-c3ccc(OCCCOC(=O)C(=C)C)cc3)c2)cc1. The van der Waals surface area contributed by atoms with Gasteiger partial charge in [-0.1, -0.05) is 44.0 Å². The van der Waals surface area contributed by atoms with Crippen molar-refractivity contribution in [2.45, 2.75) is 26.7 Å². The maximum Gasteiger partial charge on any atom is 0.338 e. The fourth-order valence-corrected chi connectivity index (χ4v) is 3.69. The third kappa shape index (κ3) is 10.7. The minimum absolute atomic E-state index is 0.251. The summed E-state index contributed by atoms with van der Waals surface area (Å²) in [4.78, 5) is 34.9. The third-order valence-corrected chi connectivity index (χ3v) is 5.95. The van der Waals surface area contributed by atoms with Crippen molar-refractivity contribution < 1.29 is 38.1 Å². The van der Waals surface area contributed by atoms with Crippen molar-refractivity contribution in [2.75, 3.05) is 26.4 Å². The van der Waals surface area contributed by atoms with Crippen molar-refractivity contribution in [3.8, 4) is 39.5 Å². The molecule has 0 heterocycles. The summed E-state index contributed by atoms with van der Waals surface area (Å²) in [6.45, 7) is 15.1. The number of carbonyl (C=O) groups excluding carboxylic acids is 3. The van der Waals surface area contributed by atoms with Gasteiger partial charge in [0.25, 0.3) is 0 Å². The number of hydrogen-bond acceptors (Lipinski definition) is 8. The Morgan fingerprint density at radius 3 is 1.51 bits per heavy atom. The van der Waals surface area contributed by atoms with Crippen LogP contribution in [0.25, 0.3) is 22.3 Å². The molecule has 3 rings (SSSR count). The van der Waals surface area contributed by atoms with Gasteiger partial charge in [-0.2, -0.15) is 0 Å². The molecule has 8 nitrogen and oxygen atoms in total. The summed E-state index contributed by atoms with van der Waals surface area (Å²) < 4.78 is 27.1. The first-order chi connectivity index (χ1) is 20.7. The van der Waals surface area contributed by atoms with Crippen LogP contribution in [0.3, 0.4) is 0 Å². The van der Waals surface area contributed by atoms with E-state index in [2.05, 4.69) is 19.7 Å². The predicted octanol–water partition coefficient (Wildman–Crippen LogP) is 6.89. The molecule has 0 unspecified atom stereocenters. The van der Waals surface area contributed by atoms with Gasteiger partial charge in [0.1, 0.15) is 17.2 Å². The van der Waals surface area contributed by atoms with Crippen molar-refractivity contribution in [1.29, 1.82) is 0 Å². The molecule has 8 heteroatoms. The summed E-state index contributed by atoms with van der Waals surface area (Å²) in [7, 11) is 0. The third-order valence-electron chi connectivity index (χ3n) is 5.95. The van der Waals surface area contributed by atoms with Gasteiger partial charge in [0, 0.05) is 30.1 Å². The van der Waals surface area contributed by atoms with Crippen molar-refractivity contribution in [3.63, 3.8) is 0 Å². The maximum absolute atomic E-state index is 12.3. The molecule has 0 saturated carbocycles. The normalized spacial score (nSPS) is 10.3. The first kappa shape index (κ1) is 32.4. The Morgan fingerprint density at radius 2 is 1.07 bits per heavy atom. The Bertz CT molecular complexity index is 1450. The number of ether oxygens (including phenoxy) is 5. The maximum atomic E-state index is 12.3. The summed E-state index contributed by atoms with van der Waals surface area (Å²) >= 11 is 0. The highest BCUT2D eigenvalue weighted by molar-refractivity contribution is 5.89. The average molecular weight is 585 g/mol. The first-order valence-corrected chi connectivity index (χ1v) is 13.8. The van der Waals surface area contributed by atoms with E-state index in [0.717, 1.165) is 28.3 Å². The van der Waals surface area contributed by atoms with Crippen LogP contribution in [-0.2, 0) is 23.9 Å².